The second-order valence-corrected chi connectivity index (χ2v) is 6.22. The van der Waals surface area contributed by atoms with Gasteiger partial charge in [0.05, 0.1) is 5.60 Å². The largest absolute Gasteiger partial charge is 0.375 e. The van der Waals surface area contributed by atoms with Crippen LogP contribution in [0, 0.1) is 0 Å². The Kier molecular flexibility index (Phi) is 4.62. The number of nitrogens with one attached hydrogen (secondary N) is 2. The fourth-order valence-electron chi connectivity index (χ4n) is 2.96. The topological polar surface area (TPSA) is 50.4 Å². The SMILES string of the molecule is CC1(C)CC(NC(=O)CC2CCCCN2)CCO1. The smallest absolute Gasteiger partial charge is 0.221 e. The molecular formula is C14H26N2O2. The lowest BCUT2D eigenvalue weighted by atomic mass is 9.93. The standard InChI is InChI=1S/C14H26N2O2/c1-14(2)10-12(6-8-18-14)16-13(17)9-11-5-3-4-7-15-11/h11-12,15H,3-10H2,1-2H3,(H,16,17). The summed E-state index contributed by atoms with van der Waals surface area (Å²) in [4.78, 5) is 12.0. The molecule has 0 radical (unpaired) electrons. The maximum atomic E-state index is 12.0. The molecule has 2 atom stereocenters. The van der Waals surface area contributed by atoms with E-state index in [0.29, 0.717) is 12.5 Å². The van der Waals surface area contributed by atoms with Crippen molar-refractivity contribution in [3.63, 3.8) is 0 Å². The lowest BCUT2D eigenvalue weighted by Crippen LogP contribution is -2.47. The highest BCUT2D eigenvalue weighted by atomic mass is 16.5. The van der Waals surface area contributed by atoms with Crippen LogP contribution in [0.1, 0.15) is 52.4 Å². The summed E-state index contributed by atoms with van der Waals surface area (Å²) in [5.74, 6) is 0.192. The molecule has 2 aliphatic rings. The fourth-order valence-corrected chi connectivity index (χ4v) is 2.96. The molecule has 2 fully saturated rings. The Balaban J connectivity index is 1.73. The highest BCUT2D eigenvalue weighted by molar-refractivity contribution is 5.76. The van der Waals surface area contributed by atoms with Gasteiger partial charge in [-0.25, -0.2) is 0 Å². The normalized spacial score (nSPS) is 31.9. The maximum Gasteiger partial charge on any atom is 0.221 e. The zero-order valence-corrected chi connectivity index (χ0v) is 11.6. The molecule has 2 unspecified atom stereocenters. The van der Waals surface area contributed by atoms with E-state index < -0.39 is 0 Å². The van der Waals surface area contributed by atoms with Crippen molar-refractivity contribution in [2.75, 3.05) is 13.2 Å². The van der Waals surface area contributed by atoms with Crippen LogP contribution in [-0.2, 0) is 9.53 Å². The molecule has 0 aliphatic carbocycles. The van der Waals surface area contributed by atoms with Crippen LogP contribution in [0.3, 0.4) is 0 Å². The minimum absolute atomic E-state index is 0.0979. The van der Waals surface area contributed by atoms with Crippen LogP contribution in [0.2, 0.25) is 0 Å². The molecule has 18 heavy (non-hydrogen) atoms. The molecule has 2 rings (SSSR count). The Hall–Kier alpha value is -0.610. The summed E-state index contributed by atoms with van der Waals surface area (Å²) in [7, 11) is 0. The van der Waals surface area contributed by atoms with E-state index in [9.17, 15) is 4.79 Å². The van der Waals surface area contributed by atoms with E-state index in [4.69, 9.17) is 4.74 Å². The number of amides is 1. The number of ether oxygens (including phenoxy) is 1. The fraction of sp³-hybridized carbons (Fsp3) is 0.929. The van der Waals surface area contributed by atoms with Crippen LogP contribution in [0.25, 0.3) is 0 Å². The van der Waals surface area contributed by atoms with Gasteiger partial charge in [-0.1, -0.05) is 6.42 Å². The van der Waals surface area contributed by atoms with Gasteiger partial charge in [0.15, 0.2) is 0 Å². The Bertz CT molecular complexity index is 286. The molecule has 2 saturated heterocycles. The Morgan fingerprint density at radius 2 is 2.22 bits per heavy atom. The molecule has 2 aliphatic heterocycles. The van der Waals surface area contributed by atoms with Gasteiger partial charge in [-0.05, 0) is 46.1 Å². The molecule has 1 amide bonds. The summed E-state index contributed by atoms with van der Waals surface area (Å²) in [6, 6.07) is 0.663. The molecule has 0 saturated carbocycles. The summed E-state index contributed by atoms with van der Waals surface area (Å²) in [6.07, 6.45) is 6.09. The minimum Gasteiger partial charge on any atom is -0.375 e. The van der Waals surface area contributed by atoms with Crippen molar-refractivity contribution in [2.45, 2.75) is 70.1 Å². The van der Waals surface area contributed by atoms with Crippen LogP contribution in [0.15, 0.2) is 0 Å². The average Bonchev–Trinajstić information content (AvgIpc) is 2.28. The number of piperidine rings is 1. The van der Waals surface area contributed by atoms with Crippen molar-refractivity contribution < 1.29 is 9.53 Å². The van der Waals surface area contributed by atoms with E-state index in [-0.39, 0.29) is 17.6 Å². The third-order valence-corrected chi connectivity index (χ3v) is 3.91. The summed E-state index contributed by atoms with van der Waals surface area (Å²) in [5, 5.41) is 6.58. The average molecular weight is 254 g/mol. The maximum absolute atomic E-state index is 12.0. The molecule has 4 nitrogen and oxygen atoms in total. The molecule has 0 spiro atoms. The summed E-state index contributed by atoms with van der Waals surface area (Å²) >= 11 is 0. The van der Waals surface area contributed by atoms with Crippen LogP contribution in [0.4, 0.5) is 0 Å². The van der Waals surface area contributed by atoms with Gasteiger partial charge in [-0.2, -0.15) is 0 Å². The highest BCUT2D eigenvalue weighted by Crippen LogP contribution is 2.24. The van der Waals surface area contributed by atoms with Crippen molar-refractivity contribution in [1.82, 2.24) is 10.6 Å². The number of hydrogen-bond donors (Lipinski definition) is 2. The van der Waals surface area contributed by atoms with Gasteiger partial charge in [-0.15, -0.1) is 0 Å². The van der Waals surface area contributed by atoms with Gasteiger partial charge in [0.25, 0.3) is 0 Å². The minimum atomic E-state index is -0.0979. The molecule has 0 bridgehead atoms. The lowest BCUT2D eigenvalue weighted by Gasteiger charge is -2.36. The predicted octanol–water partition coefficient (Wildman–Crippen LogP) is 1.59. The van der Waals surface area contributed by atoms with E-state index in [1.165, 1.54) is 12.8 Å². The molecule has 104 valence electrons. The first kappa shape index (κ1) is 13.8. The van der Waals surface area contributed by atoms with Gasteiger partial charge >= 0.3 is 0 Å². The second-order valence-electron chi connectivity index (χ2n) is 6.22. The molecule has 0 aromatic heterocycles. The first-order valence-electron chi connectivity index (χ1n) is 7.22. The summed E-state index contributed by atoms with van der Waals surface area (Å²) < 4.78 is 5.66. The van der Waals surface area contributed by atoms with E-state index in [1.54, 1.807) is 0 Å². The van der Waals surface area contributed by atoms with E-state index in [0.717, 1.165) is 32.4 Å². The third-order valence-electron chi connectivity index (χ3n) is 3.91. The van der Waals surface area contributed by atoms with Crippen LogP contribution < -0.4 is 10.6 Å². The molecule has 0 aromatic carbocycles. The molecular weight excluding hydrogens is 228 g/mol. The predicted molar refractivity (Wildman–Crippen MR) is 71.5 cm³/mol. The van der Waals surface area contributed by atoms with Gasteiger partial charge in [0.1, 0.15) is 0 Å². The van der Waals surface area contributed by atoms with Crippen molar-refractivity contribution >= 4 is 5.91 Å². The molecule has 0 aromatic rings. The Morgan fingerprint density at radius 1 is 1.39 bits per heavy atom. The first-order valence-corrected chi connectivity index (χ1v) is 7.22. The molecule has 2 heterocycles. The number of carbonyl (C=O) groups is 1. The van der Waals surface area contributed by atoms with Gasteiger partial charge in [0, 0.05) is 25.1 Å². The summed E-state index contributed by atoms with van der Waals surface area (Å²) in [6.45, 7) is 5.99. The number of hydrogen-bond acceptors (Lipinski definition) is 3. The second kappa shape index (κ2) is 6.02. The zero-order chi connectivity index (χ0) is 13.0. The highest BCUT2D eigenvalue weighted by Gasteiger charge is 2.30. The van der Waals surface area contributed by atoms with Gasteiger partial charge < -0.3 is 15.4 Å². The van der Waals surface area contributed by atoms with Crippen molar-refractivity contribution in [3.8, 4) is 0 Å². The first-order chi connectivity index (χ1) is 8.55. The van der Waals surface area contributed by atoms with E-state index >= 15 is 0 Å². The molecule has 4 heteroatoms. The summed E-state index contributed by atoms with van der Waals surface area (Å²) in [5.41, 5.74) is -0.0979. The number of carbonyl (C=O) groups excluding carboxylic acids is 1. The zero-order valence-electron chi connectivity index (χ0n) is 11.6. The monoisotopic (exact) mass is 254 g/mol. The van der Waals surface area contributed by atoms with Crippen molar-refractivity contribution in [1.29, 1.82) is 0 Å². The van der Waals surface area contributed by atoms with E-state index in [1.807, 2.05) is 0 Å². The van der Waals surface area contributed by atoms with E-state index in [2.05, 4.69) is 24.5 Å². The Morgan fingerprint density at radius 3 is 2.89 bits per heavy atom. The third kappa shape index (κ3) is 4.25. The van der Waals surface area contributed by atoms with Gasteiger partial charge in [-0.3, -0.25) is 4.79 Å². The molecule has 2 N–H and O–H groups in total. The Labute approximate surface area is 110 Å². The van der Waals surface area contributed by atoms with Gasteiger partial charge in [0.2, 0.25) is 5.91 Å². The number of rotatable bonds is 3. The van der Waals surface area contributed by atoms with Crippen molar-refractivity contribution in [3.05, 3.63) is 0 Å². The van der Waals surface area contributed by atoms with Crippen LogP contribution in [-0.4, -0.2) is 36.7 Å². The quantitative estimate of drug-likeness (QED) is 0.804. The van der Waals surface area contributed by atoms with Crippen LogP contribution in [0.5, 0.6) is 0 Å². The van der Waals surface area contributed by atoms with Crippen molar-refractivity contribution in [2.24, 2.45) is 0 Å². The lowest BCUT2D eigenvalue weighted by molar-refractivity contribution is -0.124. The van der Waals surface area contributed by atoms with Crippen LogP contribution >= 0.6 is 0 Å².